The Hall–Kier alpha value is -2.21. The van der Waals surface area contributed by atoms with Crippen LogP contribution in [-0.4, -0.2) is 23.2 Å². The molecule has 0 spiro atoms. The number of sulfone groups is 1. The molecule has 0 N–H and O–H groups in total. The van der Waals surface area contributed by atoms with Gasteiger partial charge < -0.3 is 4.57 Å². The van der Waals surface area contributed by atoms with Gasteiger partial charge in [0.1, 0.15) is 6.33 Å². The number of fused-ring (bicyclic) bond motifs is 1. The van der Waals surface area contributed by atoms with E-state index >= 15 is 0 Å². The third-order valence-electron chi connectivity index (χ3n) is 3.17. The summed E-state index contributed by atoms with van der Waals surface area (Å²) in [7, 11) is -1.88. The predicted octanol–water partition coefficient (Wildman–Crippen LogP) is 1.94. The number of aryl methyl sites for hydroxylation is 1. The average Bonchev–Trinajstić information content (AvgIpc) is 2.86. The highest BCUT2D eigenvalue weighted by atomic mass is 32.2. The summed E-state index contributed by atoms with van der Waals surface area (Å²) in [5.41, 5.74) is 0.770. The van der Waals surface area contributed by atoms with Crippen LogP contribution in [0.25, 0.3) is 10.8 Å². The van der Waals surface area contributed by atoms with E-state index in [9.17, 15) is 8.42 Å². The third-order valence-corrected chi connectivity index (χ3v) is 4.79. The lowest BCUT2D eigenvalue weighted by atomic mass is 10.1. The van der Waals surface area contributed by atoms with Crippen molar-refractivity contribution in [2.45, 2.75) is 10.9 Å². The minimum Gasteiger partial charge on any atom is -0.308 e. The van der Waals surface area contributed by atoms with Gasteiger partial charge in [0.2, 0.25) is 15.0 Å². The lowest BCUT2D eigenvalue weighted by Gasteiger charge is -2.07. The van der Waals surface area contributed by atoms with Crippen molar-refractivity contribution in [2.24, 2.45) is 7.05 Å². The van der Waals surface area contributed by atoms with E-state index in [1.54, 1.807) is 7.05 Å². The third kappa shape index (κ3) is 2.18. The van der Waals surface area contributed by atoms with Gasteiger partial charge >= 0.3 is 0 Å². The average molecular weight is 287 g/mol. The zero-order valence-corrected chi connectivity index (χ0v) is 11.7. The fourth-order valence-corrected chi connectivity index (χ4v) is 3.69. The van der Waals surface area contributed by atoms with Crippen LogP contribution in [0.1, 0.15) is 5.56 Å². The van der Waals surface area contributed by atoms with Gasteiger partial charge in [-0.05, 0) is 16.3 Å². The summed E-state index contributed by atoms with van der Waals surface area (Å²) < 4.78 is 26.2. The van der Waals surface area contributed by atoms with E-state index in [0.29, 0.717) is 0 Å². The summed E-state index contributed by atoms with van der Waals surface area (Å²) in [4.78, 5) is 0. The summed E-state index contributed by atoms with van der Waals surface area (Å²) in [6.07, 6.45) is 1.38. The number of rotatable bonds is 3. The molecule has 0 bridgehead atoms. The largest absolute Gasteiger partial charge is 0.308 e. The van der Waals surface area contributed by atoms with E-state index in [4.69, 9.17) is 0 Å². The van der Waals surface area contributed by atoms with Crippen LogP contribution >= 0.6 is 0 Å². The molecular formula is C14H13N3O2S. The van der Waals surface area contributed by atoms with E-state index in [1.165, 1.54) is 10.9 Å². The van der Waals surface area contributed by atoms with Gasteiger partial charge in [-0.2, -0.15) is 0 Å². The molecule has 0 aliphatic heterocycles. The van der Waals surface area contributed by atoms with Gasteiger partial charge in [-0.15, -0.1) is 10.2 Å². The highest BCUT2D eigenvalue weighted by molar-refractivity contribution is 7.90. The first-order valence-electron chi connectivity index (χ1n) is 6.11. The minimum absolute atomic E-state index is 0.00886. The van der Waals surface area contributed by atoms with Crippen LogP contribution in [0.15, 0.2) is 53.9 Å². The van der Waals surface area contributed by atoms with Crippen LogP contribution in [-0.2, 0) is 22.6 Å². The number of hydrogen-bond acceptors (Lipinski definition) is 4. The lowest BCUT2D eigenvalue weighted by Crippen LogP contribution is -2.11. The first kappa shape index (κ1) is 12.8. The molecule has 3 aromatic rings. The molecule has 20 heavy (non-hydrogen) atoms. The first-order chi connectivity index (χ1) is 9.58. The Balaban J connectivity index is 2.08. The minimum atomic E-state index is -3.50. The number of hydrogen-bond donors (Lipinski definition) is 0. The Morgan fingerprint density at radius 2 is 1.85 bits per heavy atom. The monoisotopic (exact) mass is 287 g/mol. The molecule has 3 rings (SSSR count). The normalized spacial score (nSPS) is 11.8. The Morgan fingerprint density at radius 1 is 1.10 bits per heavy atom. The molecule has 2 aromatic carbocycles. The molecule has 0 atom stereocenters. The van der Waals surface area contributed by atoms with Gasteiger partial charge in [0.05, 0.1) is 5.75 Å². The van der Waals surface area contributed by atoms with Crippen molar-refractivity contribution < 1.29 is 8.42 Å². The van der Waals surface area contributed by atoms with Crippen molar-refractivity contribution in [2.75, 3.05) is 0 Å². The van der Waals surface area contributed by atoms with E-state index < -0.39 is 9.84 Å². The van der Waals surface area contributed by atoms with Gasteiger partial charge in [0.15, 0.2) is 0 Å². The highest BCUT2D eigenvalue weighted by Crippen LogP contribution is 2.22. The molecule has 0 saturated heterocycles. The van der Waals surface area contributed by atoms with E-state index in [1.807, 2.05) is 42.5 Å². The SMILES string of the molecule is Cn1cnnc1S(=O)(=O)Cc1cccc2ccccc12. The standard InChI is InChI=1S/C14H13N3O2S/c1-17-10-15-16-14(17)20(18,19)9-12-7-4-6-11-5-2-3-8-13(11)12/h2-8,10H,9H2,1H3. The zero-order chi connectivity index (χ0) is 14.2. The Labute approximate surface area is 116 Å². The predicted molar refractivity (Wildman–Crippen MR) is 75.8 cm³/mol. The molecule has 0 aliphatic rings. The van der Waals surface area contributed by atoms with Crippen LogP contribution in [0.3, 0.4) is 0 Å². The van der Waals surface area contributed by atoms with Crippen molar-refractivity contribution >= 4 is 20.6 Å². The van der Waals surface area contributed by atoms with Gasteiger partial charge in [-0.25, -0.2) is 8.42 Å². The Kier molecular flexibility index (Phi) is 3.02. The molecule has 1 heterocycles. The first-order valence-corrected chi connectivity index (χ1v) is 7.76. The van der Waals surface area contributed by atoms with Gasteiger partial charge in [-0.1, -0.05) is 42.5 Å². The Bertz CT molecular complexity index is 864. The fourth-order valence-electron chi connectivity index (χ4n) is 2.24. The van der Waals surface area contributed by atoms with Crippen LogP contribution in [0.4, 0.5) is 0 Å². The molecule has 1 aromatic heterocycles. The van der Waals surface area contributed by atoms with Gasteiger partial charge in [0.25, 0.3) is 0 Å². The molecule has 0 unspecified atom stereocenters. The molecule has 0 radical (unpaired) electrons. The van der Waals surface area contributed by atoms with Gasteiger partial charge in [-0.3, -0.25) is 0 Å². The molecule has 0 amide bonds. The van der Waals surface area contributed by atoms with Crippen LogP contribution in [0.5, 0.6) is 0 Å². The smallest absolute Gasteiger partial charge is 0.249 e. The summed E-state index contributed by atoms with van der Waals surface area (Å²) in [5, 5.41) is 9.28. The van der Waals surface area contributed by atoms with Crippen LogP contribution in [0.2, 0.25) is 0 Å². The maximum absolute atomic E-state index is 12.4. The van der Waals surface area contributed by atoms with Crippen molar-refractivity contribution in [3.8, 4) is 0 Å². The van der Waals surface area contributed by atoms with E-state index in [-0.39, 0.29) is 10.9 Å². The topological polar surface area (TPSA) is 64.8 Å². The van der Waals surface area contributed by atoms with E-state index in [0.717, 1.165) is 16.3 Å². The highest BCUT2D eigenvalue weighted by Gasteiger charge is 2.21. The second kappa shape index (κ2) is 4.72. The maximum atomic E-state index is 12.4. The number of benzene rings is 2. The molecule has 5 nitrogen and oxygen atoms in total. The summed E-state index contributed by atoms with van der Waals surface area (Å²) in [5.74, 6) is -0.0825. The number of nitrogens with zero attached hydrogens (tertiary/aromatic N) is 3. The van der Waals surface area contributed by atoms with Crippen molar-refractivity contribution in [3.05, 3.63) is 54.4 Å². The second-order valence-corrected chi connectivity index (χ2v) is 6.51. The number of aromatic nitrogens is 3. The summed E-state index contributed by atoms with van der Waals surface area (Å²) >= 11 is 0. The molecule has 0 saturated carbocycles. The fraction of sp³-hybridized carbons (Fsp3) is 0.143. The van der Waals surface area contributed by atoms with Crippen molar-refractivity contribution in [1.82, 2.24) is 14.8 Å². The van der Waals surface area contributed by atoms with E-state index in [2.05, 4.69) is 10.2 Å². The van der Waals surface area contributed by atoms with Gasteiger partial charge in [0, 0.05) is 7.05 Å². The van der Waals surface area contributed by atoms with Crippen LogP contribution in [0, 0.1) is 0 Å². The van der Waals surface area contributed by atoms with Crippen molar-refractivity contribution in [3.63, 3.8) is 0 Å². The Morgan fingerprint density at radius 3 is 2.60 bits per heavy atom. The summed E-state index contributed by atoms with van der Waals surface area (Å²) in [6, 6.07) is 13.4. The quantitative estimate of drug-likeness (QED) is 0.738. The molecular weight excluding hydrogens is 274 g/mol. The molecule has 0 aliphatic carbocycles. The molecule has 6 heteroatoms. The maximum Gasteiger partial charge on any atom is 0.249 e. The summed E-state index contributed by atoms with van der Waals surface area (Å²) in [6.45, 7) is 0. The van der Waals surface area contributed by atoms with Crippen molar-refractivity contribution in [1.29, 1.82) is 0 Å². The van der Waals surface area contributed by atoms with Crippen LogP contribution < -0.4 is 0 Å². The second-order valence-electron chi connectivity index (χ2n) is 4.62. The zero-order valence-electron chi connectivity index (χ0n) is 10.9. The lowest BCUT2D eigenvalue weighted by molar-refractivity contribution is 0.577. The molecule has 0 fully saturated rings. The molecule has 102 valence electrons.